The van der Waals surface area contributed by atoms with Crippen LogP contribution in [0.15, 0.2) is 61.3 Å². The number of aliphatic hydroxyl groups is 2. The Morgan fingerprint density at radius 2 is 1.79 bits per heavy atom. The standard InChI is InChI=1S/C31H32Cl2FN5O4/c1-4-30(42,27-15-38(2)18-37-27)21-9-19(17-40)29(26(34)10-21)31(43-25-11-24(41)12-25,20-5-7-22(32)8-6-20)39(3)16-28-35-13-23(33)14-36-28/h5-10,13-15,17-18,24-25,41-42H,4,11-12,16H2,1-3H3/t24?,25?,30?,31-/m1/s1. The Labute approximate surface area is 258 Å². The summed E-state index contributed by atoms with van der Waals surface area (Å²) in [6, 6.07) is 9.41. The van der Waals surface area contributed by atoms with E-state index in [0.29, 0.717) is 46.3 Å². The Morgan fingerprint density at radius 1 is 1.12 bits per heavy atom. The molecule has 0 amide bonds. The molecule has 0 radical (unpaired) electrons. The molecule has 226 valence electrons. The third-order valence-electron chi connectivity index (χ3n) is 7.94. The van der Waals surface area contributed by atoms with Gasteiger partial charge in [0.15, 0.2) is 12.0 Å². The van der Waals surface area contributed by atoms with E-state index in [1.807, 2.05) is 0 Å². The van der Waals surface area contributed by atoms with E-state index in [2.05, 4.69) is 15.0 Å². The van der Waals surface area contributed by atoms with Gasteiger partial charge in [-0.3, -0.25) is 9.69 Å². The number of aromatic nitrogens is 4. The predicted octanol–water partition coefficient (Wildman–Crippen LogP) is 4.99. The van der Waals surface area contributed by atoms with Gasteiger partial charge in [0.05, 0.1) is 35.8 Å². The van der Waals surface area contributed by atoms with Crippen LogP contribution in [0.4, 0.5) is 4.39 Å². The maximum atomic E-state index is 16.8. The zero-order chi connectivity index (χ0) is 30.9. The van der Waals surface area contributed by atoms with E-state index in [-0.39, 0.29) is 29.7 Å². The zero-order valence-corrected chi connectivity index (χ0v) is 25.4. The topological polar surface area (TPSA) is 114 Å². The van der Waals surface area contributed by atoms with Crippen LogP contribution in [0, 0.1) is 5.82 Å². The number of halogens is 3. The summed E-state index contributed by atoms with van der Waals surface area (Å²) in [5.41, 5.74) is -2.48. The highest BCUT2D eigenvalue weighted by atomic mass is 35.5. The number of hydrogen-bond donors (Lipinski definition) is 2. The number of nitrogens with zero attached hydrogens (tertiary/aromatic N) is 5. The molecule has 1 unspecified atom stereocenters. The molecule has 4 aromatic rings. The fourth-order valence-electron chi connectivity index (χ4n) is 5.54. The molecule has 1 fully saturated rings. The highest BCUT2D eigenvalue weighted by molar-refractivity contribution is 6.30. The molecule has 2 atom stereocenters. The largest absolute Gasteiger partial charge is 0.393 e. The van der Waals surface area contributed by atoms with Gasteiger partial charge < -0.3 is 19.5 Å². The minimum Gasteiger partial charge on any atom is -0.393 e. The number of aliphatic hydroxyl groups excluding tert-OH is 1. The number of benzene rings is 2. The molecule has 1 aliphatic rings. The molecule has 1 saturated carbocycles. The van der Waals surface area contributed by atoms with E-state index in [1.165, 1.54) is 24.5 Å². The summed E-state index contributed by atoms with van der Waals surface area (Å²) in [7, 11) is 3.47. The number of carbonyl (C=O) groups excluding carboxylic acids is 1. The number of aryl methyl sites for hydroxylation is 1. The van der Waals surface area contributed by atoms with Crippen LogP contribution in [0.2, 0.25) is 10.0 Å². The van der Waals surface area contributed by atoms with Crippen molar-refractivity contribution in [1.29, 1.82) is 0 Å². The Morgan fingerprint density at radius 3 is 2.35 bits per heavy atom. The summed E-state index contributed by atoms with van der Waals surface area (Å²) in [6.07, 6.45) is 6.46. The first kappa shape index (κ1) is 31.2. The van der Waals surface area contributed by atoms with Crippen LogP contribution in [0.25, 0.3) is 0 Å². The molecule has 12 heteroatoms. The lowest BCUT2D eigenvalue weighted by atomic mass is 9.82. The summed E-state index contributed by atoms with van der Waals surface area (Å²) >= 11 is 12.3. The van der Waals surface area contributed by atoms with Gasteiger partial charge >= 0.3 is 0 Å². The van der Waals surface area contributed by atoms with Crippen LogP contribution in [0.3, 0.4) is 0 Å². The zero-order valence-electron chi connectivity index (χ0n) is 23.9. The van der Waals surface area contributed by atoms with E-state index in [4.69, 9.17) is 27.9 Å². The second-order valence-electron chi connectivity index (χ2n) is 10.9. The maximum Gasteiger partial charge on any atom is 0.178 e. The molecule has 1 aliphatic carbocycles. The smallest absolute Gasteiger partial charge is 0.178 e. The van der Waals surface area contributed by atoms with Crippen LogP contribution in [0.1, 0.15) is 64.8 Å². The lowest BCUT2D eigenvalue weighted by Crippen LogP contribution is -2.53. The minimum atomic E-state index is -1.70. The first-order chi connectivity index (χ1) is 20.5. The highest BCUT2D eigenvalue weighted by Crippen LogP contribution is 2.45. The summed E-state index contributed by atoms with van der Waals surface area (Å²) in [4.78, 5) is 27.4. The third-order valence-corrected chi connectivity index (χ3v) is 8.38. The first-order valence-electron chi connectivity index (χ1n) is 13.8. The van der Waals surface area contributed by atoms with Crippen molar-refractivity contribution < 1.29 is 24.1 Å². The summed E-state index contributed by atoms with van der Waals surface area (Å²) in [5.74, 6) is -0.399. The van der Waals surface area contributed by atoms with Gasteiger partial charge in [-0.25, -0.2) is 19.3 Å². The molecule has 2 aromatic heterocycles. The Bertz CT molecular complexity index is 1600. The van der Waals surface area contributed by atoms with E-state index >= 15 is 4.39 Å². The van der Waals surface area contributed by atoms with Gasteiger partial charge in [-0.1, -0.05) is 42.3 Å². The van der Waals surface area contributed by atoms with E-state index < -0.39 is 29.4 Å². The fraction of sp³-hybridized carbons (Fsp3) is 0.355. The minimum absolute atomic E-state index is 0.0310. The average Bonchev–Trinajstić information content (AvgIpc) is 3.42. The molecule has 5 rings (SSSR count). The van der Waals surface area contributed by atoms with Gasteiger partial charge in [-0.05, 0) is 56.1 Å². The van der Waals surface area contributed by atoms with Crippen molar-refractivity contribution in [3.63, 3.8) is 0 Å². The molecule has 0 bridgehead atoms. The normalized spacial score (nSPS) is 19.5. The number of rotatable bonds is 11. The second-order valence-corrected chi connectivity index (χ2v) is 11.7. The third kappa shape index (κ3) is 5.95. The van der Waals surface area contributed by atoms with Gasteiger partial charge in [0, 0.05) is 47.4 Å². The van der Waals surface area contributed by atoms with Gasteiger partial charge in [-0.15, -0.1) is 0 Å². The molecular formula is C31H32Cl2FN5O4. The molecule has 2 heterocycles. The summed E-state index contributed by atoms with van der Waals surface area (Å²) in [5, 5.41) is 22.7. The van der Waals surface area contributed by atoms with Crippen molar-refractivity contribution in [2.75, 3.05) is 7.05 Å². The monoisotopic (exact) mass is 627 g/mol. The van der Waals surface area contributed by atoms with Crippen molar-refractivity contribution >= 4 is 29.5 Å². The first-order valence-corrected chi connectivity index (χ1v) is 14.6. The molecule has 0 spiro atoms. The molecular weight excluding hydrogens is 596 g/mol. The maximum absolute atomic E-state index is 16.8. The van der Waals surface area contributed by atoms with Crippen LogP contribution in [-0.2, 0) is 29.7 Å². The fourth-order valence-corrected chi connectivity index (χ4v) is 5.77. The van der Waals surface area contributed by atoms with Gasteiger partial charge in [0.2, 0.25) is 0 Å². The van der Waals surface area contributed by atoms with Crippen LogP contribution in [0.5, 0.6) is 0 Å². The molecule has 0 saturated heterocycles. The van der Waals surface area contributed by atoms with Gasteiger partial charge in [-0.2, -0.15) is 0 Å². The van der Waals surface area contributed by atoms with Crippen molar-refractivity contribution in [1.82, 2.24) is 24.4 Å². The SMILES string of the molecule is CCC(O)(c1cc(F)c([C@](OC2CC(O)C2)(c2ccc(Cl)cc2)N(C)Cc2ncc(Cl)cn2)c(C=O)c1)c1cn(C)cn1. The Kier molecular flexibility index (Phi) is 8.99. The van der Waals surface area contributed by atoms with Gasteiger partial charge in [0.25, 0.3) is 0 Å². The van der Waals surface area contributed by atoms with Crippen molar-refractivity contribution in [3.05, 3.63) is 111 Å². The highest BCUT2D eigenvalue weighted by Gasteiger charge is 2.48. The molecule has 2 aromatic carbocycles. The number of imidazole rings is 1. The van der Waals surface area contributed by atoms with Crippen molar-refractivity contribution in [2.45, 2.75) is 56.3 Å². The van der Waals surface area contributed by atoms with E-state index in [0.717, 1.165) is 0 Å². The van der Waals surface area contributed by atoms with Gasteiger partial charge in [0.1, 0.15) is 17.2 Å². The second kappa shape index (κ2) is 12.4. The number of hydrogen-bond acceptors (Lipinski definition) is 8. The summed E-state index contributed by atoms with van der Waals surface area (Å²) < 4.78 is 25.2. The lowest BCUT2D eigenvalue weighted by molar-refractivity contribution is -0.203. The van der Waals surface area contributed by atoms with Crippen LogP contribution < -0.4 is 0 Å². The molecule has 0 aliphatic heterocycles. The van der Waals surface area contributed by atoms with E-state index in [9.17, 15) is 15.0 Å². The quantitative estimate of drug-likeness (QED) is 0.177. The lowest BCUT2D eigenvalue weighted by Gasteiger charge is -2.47. The molecule has 2 N–H and O–H groups in total. The predicted molar refractivity (Wildman–Crippen MR) is 159 cm³/mol. The van der Waals surface area contributed by atoms with Crippen molar-refractivity contribution in [3.8, 4) is 0 Å². The number of carbonyl (C=O) groups is 1. The molecule has 43 heavy (non-hydrogen) atoms. The Hall–Kier alpha value is -3.25. The molecule has 9 nitrogen and oxygen atoms in total. The number of ether oxygens (including phenoxy) is 1. The van der Waals surface area contributed by atoms with Crippen LogP contribution in [-0.4, -0.2) is 60.2 Å². The summed E-state index contributed by atoms with van der Waals surface area (Å²) in [6.45, 7) is 1.82. The van der Waals surface area contributed by atoms with Crippen LogP contribution >= 0.6 is 23.2 Å². The average molecular weight is 629 g/mol. The van der Waals surface area contributed by atoms with Crippen molar-refractivity contribution in [2.24, 2.45) is 7.05 Å². The van der Waals surface area contributed by atoms with E-state index in [1.54, 1.807) is 67.3 Å². The number of aldehydes is 1. The Balaban J connectivity index is 1.74.